The Morgan fingerprint density at radius 1 is 1.12 bits per heavy atom. The standard InChI is InChI=1S/C21H29NO3Si/c1-16(15-25-26(5,6)21(2,3)4)11-9-10-14-22-19(23)17-12-7-8-13-18(17)20(22)24/h7-13H,14-15H2,1-6H3/b10-9+,16-11+. The molecule has 2 rings (SSSR count). The molecule has 4 nitrogen and oxygen atoms in total. The number of hydrogen-bond donors (Lipinski definition) is 0. The Labute approximate surface area is 157 Å². The fraction of sp³-hybridized carbons (Fsp3) is 0.429. The molecule has 0 spiro atoms. The largest absolute Gasteiger partial charge is 0.413 e. The Morgan fingerprint density at radius 2 is 1.65 bits per heavy atom. The van der Waals surface area contributed by atoms with Crippen LogP contribution < -0.4 is 0 Å². The first-order valence-corrected chi connectivity index (χ1v) is 11.9. The van der Waals surface area contributed by atoms with E-state index in [1.165, 1.54) is 4.90 Å². The van der Waals surface area contributed by atoms with Gasteiger partial charge in [-0.2, -0.15) is 0 Å². The minimum atomic E-state index is -1.75. The van der Waals surface area contributed by atoms with Crippen LogP contribution in [0.5, 0.6) is 0 Å². The van der Waals surface area contributed by atoms with E-state index < -0.39 is 8.32 Å². The molecule has 0 atom stereocenters. The topological polar surface area (TPSA) is 46.6 Å². The van der Waals surface area contributed by atoms with E-state index in [1.807, 2.05) is 25.2 Å². The van der Waals surface area contributed by atoms with Crippen molar-refractivity contribution in [2.24, 2.45) is 0 Å². The van der Waals surface area contributed by atoms with Crippen LogP contribution in [0.15, 0.2) is 48.1 Å². The molecule has 0 aliphatic carbocycles. The molecule has 0 saturated carbocycles. The van der Waals surface area contributed by atoms with Gasteiger partial charge in [0.1, 0.15) is 0 Å². The first-order valence-electron chi connectivity index (χ1n) is 8.96. The van der Waals surface area contributed by atoms with Crippen molar-refractivity contribution in [3.63, 3.8) is 0 Å². The van der Waals surface area contributed by atoms with E-state index in [0.29, 0.717) is 17.7 Å². The maximum Gasteiger partial charge on any atom is 0.261 e. The van der Waals surface area contributed by atoms with Gasteiger partial charge in [0.25, 0.3) is 11.8 Å². The molecular weight excluding hydrogens is 342 g/mol. The van der Waals surface area contributed by atoms with Gasteiger partial charge in [-0.3, -0.25) is 14.5 Å². The van der Waals surface area contributed by atoms with Crippen molar-refractivity contribution in [2.45, 2.75) is 45.8 Å². The molecule has 0 bridgehead atoms. The summed E-state index contributed by atoms with van der Waals surface area (Å²) in [6.45, 7) is 14.0. The SMILES string of the molecule is C/C(=C\C=C\CN1C(=O)c2ccccc2C1=O)CO[Si](C)(C)C(C)(C)C. The number of allylic oxidation sites excluding steroid dienone is 2. The summed E-state index contributed by atoms with van der Waals surface area (Å²) in [7, 11) is -1.75. The quantitative estimate of drug-likeness (QED) is 0.410. The van der Waals surface area contributed by atoms with Gasteiger partial charge < -0.3 is 4.43 Å². The van der Waals surface area contributed by atoms with Crippen LogP contribution in [-0.4, -0.2) is 38.2 Å². The van der Waals surface area contributed by atoms with E-state index in [9.17, 15) is 9.59 Å². The van der Waals surface area contributed by atoms with Crippen LogP contribution in [0.1, 0.15) is 48.4 Å². The lowest BCUT2D eigenvalue weighted by atomic mass is 10.1. The van der Waals surface area contributed by atoms with Gasteiger partial charge in [-0.1, -0.05) is 51.1 Å². The van der Waals surface area contributed by atoms with Crippen LogP contribution in [0, 0.1) is 0 Å². The van der Waals surface area contributed by atoms with Crippen LogP contribution >= 0.6 is 0 Å². The summed E-state index contributed by atoms with van der Waals surface area (Å²) in [6, 6.07) is 6.94. The third-order valence-corrected chi connectivity index (χ3v) is 9.63. The number of carbonyl (C=O) groups excluding carboxylic acids is 2. The van der Waals surface area contributed by atoms with E-state index in [0.717, 1.165) is 5.57 Å². The van der Waals surface area contributed by atoms with Crippen molar-refractivity contribution in [3.05, 3.63) is 59.2 Å². The van der Waals surface area contributed by atoms with Gasteiger partial charge in [0.2, 0.25) is 0 Å². The van der Waals surface area contributed by atoms with Gasteiger partial charge in [0, 0.05) is 6.54 Å². The zero-order valence-corrected chi connectivity index (χ0v) is 17.6. The van der Waals surface area contributed by atoms with Crippen molar-refractivity contribution < 1.29 is 14.0 Å². The van der Waals surface area contributed by atoms with E-state index >= 15 is 0 Å². The molecule has 0 radical (unpaired) electrons. The van der Waals surface area contributed by atoms with E-state index in [1.54, 1.807) is 24.3 Å². The second-order valence-corrected chi connectivity index (χ2v) is 13.1. The Balaban J connectivity index is 1.90. The Hall–Kier alpha value is -1.98. The lowest BCUT2D eigenvalue weighted by Gasteiger charge is -2.36. The molecule has 2 amide bonds. The third kappa shape index (κ3) is 4.40. The van der Waals surface area contributed by atoms with Crippen molar-refractivity contribution in [3.8, 4) is 0 Å². The summed E-state index contributed by atoms with van der Waals surface area (Å²) in [5, 5.41) is 0.189. The average molecular weight is 372 g/mol. The zero-order valence-electron chi connectivity index (χ0n) is 16.6. The number of rotatable bonds is 6. The Bertz CT molecular complexity index is 722. The van der Waals surface area contributed by atoms with Crippen LogP contribution in [0.25, 0.3) is 0 Å². The lowest BCUT2D eigenvalue weighted by Crippen LogP contribution is -2.41. The number of carbonyl (C=O) groups is 2. The lowest BCUT2D eigenvalue weighted by molar-refractivity contribution is 0.0672. The smallest absolute Gasteiger partial charge is 0.261 e. The Kier molecular flexibility index (Phi) is 6.04. The molecule has 140 valence electrons. The highest BCUT2D eigenvalue weighted by molar-refractivity contribution is 6.74. The minimum absolute atomic E-state index is 0.189. The molecule has 1 aromatic carbocycles. The summed E-state index contributed by atoms with van der Waals surface area (Å²) >= 11 is 0. The molecular formula is C21H29NO3Si. The second-order valence-electron chi connectivity index (χ2n) is 8.26. The van der Waals surface area contributed by atoms with Crippen molar-refractivity contribution in [2.75, 3.05) is 13.2 Å². The normalized spacial score (nSPS) is 15.9. The fourth-order valence-corrected chi connectivity index (χ4v) is 3.38. The molecule has 1 aliphatic heterocycles. The van der Waals surface area contributed by atoms with Crippen LogP contribution in [0.2, 0.25) is 18.1 Å². The summed E-state index contributed by atoms with van der Waals surface area (Å²) in [4.78, 5) is 25.8. The zero-order chi connectivity index (χ0) is 19.5. The first-order chi connectivity index (χ1) is 12.0. The van der Waals surface area contributed by atoms with Gasteiger partial charge in [0.05, 0.1) is 17.7 Å². The monoisotopic (exact) mass is 371 g/mol. The van der Waals surface area contributed by atoms with Crippen molar-refractivity contribution in [1.82, 2.24) is 4.90 Å². The van der Waals surface area contributed by atoms with Crippen LogP contribution in [0.4, 0.5) is 0 Å². The van der Waals surface area contributed by atoms with Gasteiger partial charge in [-0.15, -0.1) is 0 Å². The van der Waals surface area contributed by atoms with E-state index in [2.05, 4.69) is 33.9 Å². The highest BCUT2D eigenvalue weighted by atomic mass is 28.4. The number of imide groups is 1. The third-order valence-electron chi connectivity index (χ3n) is 5.15. The summed E-state index contributed by atoms with van der Waals surface area (Å²) in [5.74, 6) is -0.450. The molecule has 0 N–H and O–H groups in total. The number of fused-ring (bicyclic) bond motifs is 1. The van der Waals surface area contributed by atoms with Crippen molar-refractivity contribution >= 4 is 20.1 Å². The van der Waals surface area contributed by atoms with E-state index in [-0.39, 0.29) is 23.4 Å². The molecule has 1 heterocycles. The maximum absolute atomic E-state index is 12.3. The molecule has 5 heteroatoms. The molecule has 0 fully saturated rings. The fourth-order valence-electron chi connectivity index (χ4n) is 2.36. The van der Waals surface area contributed by atoms with Gasteiger partial charge >= 0.3 is 0 Å². The van der Waals surface area contributed by atoms with Gasteiger partial charge in [0.15, 0.2) is 8.32 Å². The molecule has 1 aromatic rings. The first kappa shape index (κ1) is 20.3. The molecule has 26 heavy (non-hydrogen) atoms. The highest BCUT2D eigenvalue weighted by Crippen LogP contribution is 2.36. The number of benzene rings is 1. The second kappa shape index (κ2) is 7.72. The predicted molar refractivity (Wildman–Crippen MR) is 108 cm³/mol. The summed E-state index contributed by atoms with van der Waals surface area (Å²) in [5.41, 5.74) is 2.09. The molecule has 0 unspecified atom stereocenters. The van der Waals surface area contributed by atoms with Crippen LogP contribution in [0.3, 0.4) is 0 Å². The summed E-state index contributed by atoms with van der Waals surface area (Å²) in [6.07, 6.45) is 5.69. The number of nitrogens with zero attached hydrogens (tertiary/aromatic N) is 1. The maximum atomic E-state index is 12.3. The number of hydrogen-bond acceptors (Lipinski definition) is 3. The molecule has 0 saturated heterocycles. The van der Waals surface area contributed by atoms with Gasteiger partial charge in [-0.05, 0) is 42.8 Å². The highest BCUT2D eigenvalue weighted by Gasteiger charge is 2.37. The van der Waals surface area contributed by atoms with E-state index in [4.69, 9.17) is 4.43 Å². The predicted octanol–water partition coefficient (Wildman–Crippen LogP) is 4.81. The molecule has 0 aromatic heterocycles. The van der Waals surface area contributed by atoms with Crippen LogP contribution in [-0.2, 0) is 4.43 Å². The summed E-state index contributed by atoms with van der Waals surface area (Å²) < 4.78 is 6.18. The Morgan fingerprint density at radius 3 is 2.15 bits per heavy atom. The minimum Gasteiger partial charge on any atom is -0.413 e. The molecule has 1 aliphatic rings. The van der Waals surface area contributed by atoms with Crippen molar-refractivity contribution in [1.29, 1.82) is 0 Å². The number of amides is 2. The average Bonchev–Trinajstić information content (AvgIpc) is 2.81. The van der Waals surface area contributed by atoms with Gasteiger partial charge in [-0.25, -0.2) is 0 Å².